The maximum absolute atomic E-state index is 14.0. The summed E-state index contributed by atoms with van der Waals surface area (Å²) in [6, 6.07) is 9.37. The molecule has 214 valence electrons. The third-order valence-corrected chi connectivity index (χ3v) is 6.82. The molecule has 0 radical (unpaired) electrons. The lowest BCUT2D eigenvalue weighted by Crippen LogP contribution is -2.47. The third kappa shape index (κ3) is 8.91. The number of benzene rings is 2. The second kappa shape index (κ2) is 14.8. The van der Waals surface area contributed by atoms with E-state index < -0.39 is 17.9 Å². The van der Waals surface area contributed by atoms with Gasteiger partial charge in [0.25, 0.3) is 5.91 Å². The number of fused-ring (bicyclic) bond motifs is 1. The lowest BCUT2D eigenvalue weighted by molar-refractivity contribution is -0.000451. The number of likely N-dealkylation sites (N-methyl/N-ethyl adjacent to an activating group) is 1. The van der Waals surface area contributed by atoms with Crippen molar-refractivity contribution in [2.45, 2.75) is 58.3 Å². The van der Waals surface area contributed by atoms with Crippen molar-refractivity contribution in [2.24, 2.45) is 5.92 Å². The van der Waals surface area contributed by atoms with E-state index in [1.165, 1.54) is 24.3 Å². The van der Waals surface area contributed by atoms with Crippen molar-refractivity contribution >= 4 is 23.3 Å². The first-order valence-corrected chi connectivity index (χ1v) is 13.5. The number of ether oxygens (including phenoxy) is 2. The number of nitrogens with one attached hydrogen (secondary N) is 3. The molecule has 2 aromatic rings. The van der Waals surface area contributed by atoms with Gasteiger partial charge >= 0.3 is 6.03 Å². The van der Waals surface area contributed by atoms with Crippen LogP contribution < -0.4 is 20.7 Å². The monoisotopic (exact) mass is 544 g/mol. The Morgan fingerprint density at radius 1 is 1.13 bits per heavy atom. The molecule has 10 heteroatoms. The molecule has 1 aliphatic heterocycles. The summed E-state index contributed by atoms with van der Waals surface area (Å²) < 4.78 is 25.6. The van der Waals surface area contributed by atoms with Gasteiger partial charge in [0.05, 0.1) is 30.4 Å². The summed E-state index contributed by atoms with van der Waals surface area (Å²) >= 11 is 0. The second-order valence-corrected chi connectivity index (χ2v) is 10.2. The highest BCUT2D eigenvalue weighted by Gasteiger charge is 2.29. The van der Waals surface area contributed by atoms with Crippen LogP contribution in [0, 0.1) is 11.7 Å². The van der Waals surface area contributed by atoms with Gasteiger partial charge in [0.2, 0.25) is 0 Å². The van der Waals surface area contributed by atoms with Gasteiger partial charge in [-0.3, -0.25) is 4.79 Å². The van der Waals surface area contributed by atoms with Gasteiger partial charge in [-0.25, -0.2) is 9.18 Å². The fourth-order valence-corrected chi connectivity index (χ4v) is 4.52. The molecule has 4 N–H and O–H groups in total. The fourth-order valence-electron chi connectivity index (χ4n) is 4.52. The predicted octanol–water partition coefficient (Wildman–Crippen LogP) is 4.48. The first-order chi connectivity index (χ1) is 18.7. The van der Waals surface area contributed by atoms with Crippen LogP contribution in [0.15, 0.2) is 42.5 Å². The summed E-state index contributed by atoms with van der Waals surface area (Å²) in [4.78, 5) is 28.2. The van der Waals surface area contributed by atoms with E-state index in [9.17, 15) is 19.1 Å². The van der Waals surface area contributed by atoms with E-state index in [-0.39, 0.29) is 36.2 Å². The number of nitrogens with zero attached hydrogens (tertiary/aromatic N) is 1. The number of carbonyl (C=O) groups excluding carboxylic acids is 2. The Hall–Kier alpha value is -3.21. The molecule has 1 aliphatic rings. The maximum Gasteiger partial charge on any atom is 0.323 e. The molecule has 0 bridgehead atoms. The topological polar surface area (TPSA) is 112 Å². The zero-order chi connectivity index (χ0) is 28.4. The van der Waals surface area contributed by atoms with Crippen LogP contribution in [-0.4, -0.2) is 73.5 Å². The zero-order valence-corrected chi connectivity index (χ0v) is 23.2. The lowest BCUT2D eigenvalue weighted by atomic mass is 10.0. The molecule has 1 heterocycles. The number of hydrogen-bond acceptors (Lipinski definition) is 6. The smallest absolute Gasteiger partial charge is 0.323 e. The molecule has 39 heavy (non-hydrogen) atoms. The van der Waals surface area contributed by atoms with Gasteiger partial charge < -0.3 is 35.4 Å². The van der Waals surface area contributed by atoms with E-state index in [2.05, 4.69) is 16.0 Å². The average molecular weight is 545 g/mol. The average Bonchev–Trinajstić information content (AvgIpc) is 2.91. The molecule has 0 saturated heterocycles. The van der Waals surface area contributed by atoms with E-state index in [0.717, 1.165) is 19.3 Å². The van der Waals surface area contributed by atoms with E-state index in [0.29, 0.717) is 36.8 Å². The first kappa shape index (κ1) is 30.3. The SMILES string of the molecule is CNC[C@H]1OCCCC[C@@H](C)Oc2ccc(NC(=O)Nc3ccc(F)cc3)cc2C(=O)N([C@@H](C)CO)C[C@@H]1C. The molecule has 0 saturated carbocycles. The van der Waals surface area contributed by atoms with Crippen molar-refractivity contribution in [2.75, 3.05) is 44.0 Å². The Morgan fingerprint density at radius 3 is 2.51 bits per heavy atom. The van der Waals surface area contributed by atoms with Crippen LogP contribution in [0.25, 0.3) is 0 Å². The molecule has 0 spiro atoms. The quantitative estimate of drug-likeness (QED) is 0.427. The summed E-state index contributed by atoms with van der Waals surface area (Å²) in [7, 11) is 1.87. The van der Waals surface area contributed by atoms with Crippen LogP contribution in [0.3, 0.4) is 0 Å². The minimum atomic E-state index is -0.537. The van der Waals surface area contributed by atoms with Crippen molar-refractivity contribution < 1.29 is 28.6 Å². The number of hydrogen-bond donors (Lipinski definition) is 4. The summed E-state index contributed by atoms with van der Waals surface area (Å²) in [5.74, 6) is -0.308. The number of aliphatic hydroxyl groups is 1. The van der Waals surface area contributed by atoms with Crippen LogP contribution in [0.2, 0.25) is 0 Å². The van der Waals surface area contributed by atoms with Gasteiger partial charge in [0.1, 0.15) is 11.6 Å². The minimum absolute atomic E-state index is 0.00979. The fraction of sp³-hybridized carbons (Fsp3) is 0.517. The van der Waals surface area contributed by atoms with Crippen LogP contribution in [-0.2, 0) is 4.74 Å². The lowest BCUT2D eigenvalue weighted by Gasteiger charge is -2.34. The number of carbonyl (C=O) groups is 2. The van der Waals surface area contributed by atoms with Crippen LogP contribution in [0.1, 0.15) is 50.4 Å². The molecule has 2 aromatic carbocycles. The normalized spacial score (nSPS) is 21.7. The predicted molar refractivity (Wildman–Crippen MR) is 150 cm³/mol. The molecule has 3 amide bonds. The molecule has 4 atom stereocenters. The number of rotatable bonds is 6. The molecule has 3 rings (SSSR count). The van der Waals surface area contributed by atoms with Crippen molar-refractivity contribution in [3.05, 3.63) is 53.8 Å². The largest absolute Gasteiger partial charge is 0.490 e. The van der Waals surface area contributed by atoms with Crippen molar-refractivity contribution in [3.63, 3.8) is 0 Å². The number of amides is 3. The number of halogens is 1. The summed E-state index contributed by atoms with van der Waals surface area (Å²) in [6.07, 6.45) is 2.36. The highest BCUT2D eigenvalue weighted by Crippen LogP contribution is 2.28. The van der Waals surface area contributed by atoms with Crippen molar-refractivity contribution in [1.29, 1.82) is 0 Å². The molecular formula is C29H41FN4O5. The van der Waals surface area contributed by atoms with Gasteiger partial charge in [-0.05, 0) is 82.6 Å². The Labute approximate surface area is 230 Å². The Balaban J connectivity index is 1.92. The van der Waals surface area contributed by atoms with Gasteiger partial charge in [-0.2, -0.15) is 0 Å². The molecule has 0 aromatic heterocycles. The highest BCUT2D eigenvalue weighted by molar-refractivity contribution is 6.02. The third-order valence-electron chi connectivity index (χ3n) is 6.82. The van der Waals surface area contributed by atoms with Crippen LogP contribution >= 0.6 is 0 Å². The van der Waals surface area contributed by atoms with Gasteiger partial charge in [0.15, 0.2) is 0 Å². The number of urea groups is 1. The Morgan fingerprint density at radius 2 is 1.82 bits per heavy atom. The first-order valence-electron chi connectivity index (χ1n) is 13.5. The second-order valence-electron chi connectivity index (χ2n) is 10.2. The summed E-state index contributed by atoms with van der Waals surface area (Å²) in [6.45, 7) is 7.22. The zero-order valence-electron chi connectivity index (χ0n) is 23.2. The standard InChI is InChI=1S/C29H41FN4O5/c1-19-17-34(20(2)18-35)28(36)25-15-24(33-29(37)32-23-10-8-22(30)9-11-23)12-13-26(25)39-21(3)7-5-6-14-38-27(19)16-31-4/h8-13,15,19-21,27,31,35H,5-7,14,16-18H2,1-4H3,(H2,32,33,37)/t19-,20-,21+,27+/m0/s1. The number of anilines is 2. The summed E-state index contributed by atoms with van der Waals surface area (Å²) in [5.41, 5.74) is 1.10. The van der Waals surface area contributed by atoms with Gasteiger partial charge in [-0.1, -0.05) is 6.92 Å². The van der Waals surface area contributed by atoms with E-state index in [1.807, 2.05) is 20.9 Å². The van der Waals surface area contributed by atoms with E-state index in [1.54, 1.807) is 30.0 Å². The highest BCUT2D eigenvalue weighted by atomic mass is 19.1. The molecule has 9 nitrogen and oxygen atoms in total. The molecule has 0 aliphatic carbocycles. The summed E-state index contributed by atoms with van der Waals surface area (Å²) in [5, 5.41) is 18.6. The van der Waals surface area contributed by atoms with Gasteiger partial charge in [-0.15, -0.1) is 0 Å². The molecular weight excluding hydrogens is 503 g/mol. The van der Waals surface area contributed by atoms with Crippen LogP contribution in [0.5, 0.6) is 5.75 Å². The maximum atomic E-state index is 14.0. The minimum Gasteiger partial charge on any atom is -0.490 e. The Bertz CT molecular complexity index is 1080. The van der Waals surface area contributed by atoms with Gasteiger partial charge in [0, 0.05) is 37.0 Å². The molecule has 0 fully saturated rings. The van der Waals surface area contributed by atoms with Crippen molar-refractivity contribution in [3.8, 4) is 5.75 Å². The van der Waals surface area contributed by atoms with E-state index >= 15 is 0 Å². The van der Waals surface area contributed by atoms with Crippen LogP contribution in [0.4, 0.5) is 20.6 Å². The Kier molecular flexibility index (Phi) is 11.5. The number of aliphatic hydroxyl groups excluding tert-OH is 1. The molecule has 0 unspecified atom stereocenters. The van der Waals surface area contributed by atoms with E-state index in [4.69, 9.17) is 9.47 Å². The van der Waals surface area contributed by atoms with Crippen molar-refractivity contribution in [1.82, 2.24) is 10.2 Å².